The minimum atomic E-state index is -2.45. The smallest absolute Gasteiger partial charge is 0.255 e. The second-order valence-corrected chi connectivity index (χ2v) is 4.95. The Balaban J connectivity index is 0.00000289. The Kier molecular flexibility index (Phi) is 8.44. The summed E-state index contributed by atoms with van der Waals surface area (Å²) in [6, 6.07) is 0. The molecule has 1 rings (SSSR count). The van der Waals surface area contributed by atoms with Gasteiger partial charge >= 0.3 is 0 Å². The highest BCUT2D eigenvalue weighted by molar-refractivity contribution is 5.85. The van der Waals surface area contributed by atoms with Crippen molar-refractivity contribution in [2.45, 2.75) is 32.6 Å². The number of carbonyl (C=O) groups excluding carboxylic acids is 1. The van der Waals surface area contributed by atoms with Crippen molar-refractivity contribution in [3.05, 3.63) is 0 Å². The molecule has 1 amide bonds. The zero-order valence-electron chi connectivity index (χ0n) is 11.0. The number of hydrogen-bond donors (Lipinski definition) is 1. The van der Waals surface area contributed by atoms with Crippen molar-refractivity contribution >= 4 is 18.3 Å². The van der Waals surface area contributed by atoms with Gasteiger partial charge in [0, 0.05) is 13.5 Å². The van der Waals surface area contributed by atoms with Crippen LogP contribution in [-0.2, 0) is 4.79 Å². The third-order valence-corrected chi connectivity index (χ3v) is 3.47. The molecule has 18 heavy (non-hydrogen) atoms. The average Bonchev–Trinajstić information content (AvgIpc) is 2.29. The molecule has 1 fully saturated rings. The summed E-state index contributed by atoms with van der Waals surface area (Å²) in [5, 5.41) is 3.31. The Hall–Kier alpha value is -0.420. The molecule has 2 unspecified atom stereocenters. The molecule has 0 radical (unpaired) electrons. The van der Waals surface area contributed by atoms with Crippen LogP contribution in [0.2, 0.25) is 0 Å². The van der Waals surface area contributed by atoms with Crippen LogP contribution in [0.25, 0.3) is 0 Å². The van der Waals surface area contributed by atoms with Crippen LogP contribution in [0.5, 0.6) is 0 Å². The Morgan fingerprint density at radius 2 is 2.17 bits per heavy atom. The van der Waals surface area contributed by atoms with Gasteiger partial charge in [-0.05, 0) is 37.8 Å². The number of alkyl halides is 2. The van der Waals surface area contributed by atoms with Gasteiger partial charge in [-0.15, -0.1) is 12.4 Å². The highest BCUT2D eigenvalue weighted by Gasteiger charge is 2.24. The maximum absolute atomic E-state index is 12.1. The second-order valence-electron chi connectivity index (χ2n) is 4.95. The number of halogens is 3. The van der Waals surface area contributed by atoms with E-state index in [0.29, 0.717) is 12.3 Å². The van der Waals surface area contributed by atoms with E-state index in [2.05, 4.69) is 5.32 Å². The third kappa shape index (κ3) is 5.96. The van der Waals surface area contributed by atoms with Gasteiger partial charge in [0.15, 0.2) is 0 Å². The summed E-state index contributed by atoms with van der Waals surface area (Å²) in [5.41, 5.74) is 0. The molecule has 1 saturated heterocycles. The van der Waals surface area contributed by atoms with Crippen LogP contribution in [0, 0.1) is 11.8 Å². The van der Waals surface area contributed by atoms with E-state index in [0.717, 1.165) is 30.8 Å². The standard InChI is InChI=1S/C12H22F2N2O.ClH/c1-9(10-4-3-5-15-7-10)6-12(17)16(2)8-11(13)14;/h9-11,15H,3-8H2,1-2H3;1H. The van der Waals surface area contributed by atoms with Gasteiger partial charge in [-0.1, -0.05) is 6.92 Å². The van der Waals surface area contributed by atoms with Crippen molar-refractivity contribution in [3.63, 3.8) is 0 Å². The fourth-order valence-electron chi connectivity index (χ4n) is 2.27. The summed E-state index contributed by atoms with van der Waals surface area (Å²) in [4.78, 5) is 12.8. The van der Waals surface area contributed by atoms with E-state index in [1.807, 2.05) is 6.92 Å². The lowest BCUT2D eigenvalue weighted by molar-refractivity contribution is -0.132. The Morgan fingerprint density at radius 1 is 1.50 bits per heavy atom. The van der Waals surface area contributed by atoms with Crippen LogP contribution < -0.4 is 5.32 Å². The highest BCUT2D eigenvalue weighted by Crippen LogP contribution is 2.23. The molecule has 6 heteroatoms. The predicted molar refractivity (Wildman–Crippen MR) is 70.3 cm³/mol. The molecule has 0 aromatic heterocycles. The van der Waals surface area contributed by atoms with Crippen LogP contribution >= 0.6 is 12.4 Å². The predicted octanol–water partition coefficient (Wildman–Crippen LogP) is 2.16. The van der Waals surface area contributed by atoms with Crippen molar-refractivity contribution in [2.24, 2.45) is 11.8 Å². The number of nitrogens with one attached hydrogen (secondary N) is 1. The summed E-state index contributed by atoms with van der Waals surface area (Å²) in [6.07, 6.45) is 0.182. The van der Waals surface area contributed by atoms with E-state index < -0.39 is 13.0 Å². The first kappa shape index (κ1) is 17.6. The molecule has 1 N–H and O–H groups in total. The summed E-state index contributed by atoms with van der Waals surface area (Å²) < 4.78 is 24.3. The van der Waals surface area contributed by atoms with Crippen molar-refractivity contribution in [2.75, 3.05) is 26.7 Å². The van der Waals surface area contributed by atoms with Gasteiger partial charge in [0.1, 0.15) is 0 Å². The van der Waals surface area contributed by atoms with Gasteiger partial charge in [-0.2, -0.15) is 0 Å². The molecule has 1 aliphatic heterocycles. The Bertz CT molecular complexity index is 248. The van der Waals surface area contributed by atoms with E-state index in [9.17, 15) is 13.6 Å². The van der Waals surface area contributed by atoms with Crippen LogP contribution in [0.4, 0.5) is 8.78 Å². The van der Waals surface area contributed by atoms with Gasteiger partial charge < -0.3 is 10.2 Å². The molecule has 1 aliphatic rings. The molecule has 0 aliphatic carbocycles. The number of rotatable bonds is 5. The van der Waals surface area contributed by atoms with Gasteiger partial charge in [0.2, 0.25) is 5.91 Å². The maximum atomic E-state index is 12.1. The molecule has 0 bridgehead atoms. The molecule has 0 aromatic carbocycles. The summed E-state index contributed by atoms with van der Waals surface area (Å²) >= 11 is 0. The molecule has 108 valence electrons. The quantitative estimate of drug-likeness (QED) is 0.839. The fraction of sp³-hybridized carbons (Fsp3) is 0.917. The zero-order valence-corrected chi connectivity index (χ0v) is 11.8. The molecular weight excluding hydrogens is 262 g/mol. The van der Waals surface area contributed by atoms with Crippen LogP contribution in [0.1, 0.15) is 26.2 Å². The minimum Gasteiger partial charge on any atom is -0.340 e. The number of amides is 1. The molecule has 2 atom stereocenters. The van der Waals surface area contributed by atoms with E-state index >= 15 is 0 Å². The SMILES string of the molecule is CC(CC(=O)N(C)CC(F)F)C1CCCNC1.Cl. The van der Waals surface area contributed by atoms with E-state index in [1.165, 1.54) is 7.05 Å². The van der Waals surface area contributed by atoms with Gasteiger partial charge in [0.25, 0.3) is 6.43 Å². The molecule has 3 nitrogen and oxygen atoms in total. The average molecular weight is 285 g/mol. The van der Waals surface area contributed by atoms with Crippen LogP contribution in [0.3, 0.4) is 0 Å². The zero-order chi connectivity index (χ0) is 12.8. The highest BCUT2D eigenvalue weighted by atomic mass is 35.5. The van der Waals surface area contributed by atoms with E-state index in [4.69, 9.17) is 0 Å². The number of piperidine rings is 1. The van der Waals surface area contributed by atoms with Gasteiger partial charge in [0.05, 0.1) is 6.54 Å². The van der Waals surface area contributed by atoms with Crippen LogP contribution in [-0.4, -0.2) is 43.9 Å². The summed E-state index contributed by atoms with van der Waals surface area (Å²) in [6.45, 7) is 3.55. The maximum Gasteiger partial charge on any atom is 0.255 e. The summed E-state index contributed by atoms with van der Waals surface area (Å²) in [5.74, 6) is 0.575. The lowest BCUT2D eigenvalue weighted by Gasteiger charge is -2.29. The van der Waals surface area contributed by atoms with Crippen molar-refractivity contribution in [3.8, 4) is 0 Å². The molecular formula is C12H23ClF2N2O. The Labute approximate surface area is 114 Å². The largest absolute Gasteiger partial charge is 0.340 e. The Morgan fingerprint density at radius 3 is 2.67 bits per heavy atom. The van der Waals surface area contributed by atoms with Gasteiger partial charge in [-0.3, -0.25) is 4.79 Å². The number of nitrogens with zero attached hydrogens (tertiary/aromatic N) is 1. The van der Waals surface area contributed by atoms with Crippen molar-refractivity contribution in [1.82, 2.24) is 10.2 Å². The first-order chi connectivity index (χ1) is 8.00. The van der Waals surface area contributed by atoms with Crippen LogP contribution in [0.15, 0.2) is 0 Å². The topological polar surface area (TPSA) is 32.3 Å². The first-order valence-corrected chi connectivity index (χ1v) is 6.23. The van der Waals surface area contributed by atoms with Gasteiger partial charge in [-0.25, -0.2) is 8.78 Å². The van der Waals surface area contributed by atoms with E-state index in [-0.39, 0.29) is 24.2 Å². The summed E-state index contributed by atoms with van der Waals surface area (Å²) in [7, 11) is 1.44. The molecule has 0 spiro atoms. The lowest BCUT2D eigenvalue weighted by atomic mass is 9.85. The number of hydrogen-bond acceptors (Lipinski definition) is 2. The van der Waals surface area contributed by atoms with Crippen molar-refractivity contribution < 1.29 is 13.6 Å². The minimum absolute atomic E-state index is 0. The van der Waals surface area contributed by atoms with E-state index in [1.54, 1.807) is 0 Å². The number of carbonyl (C=O) groups is 1. The van der Waals surface area contributed by atoms with Crippen molar-refractivity contribution in [1.29, 1.82) is 0 Å². The monoisotopic (exact) mass is 284 g/mol. The second kappa shape index (κ2) is 8.64. The molecule has 1 heterocycles. The molecule has 0 saturated carbocycles. The third-order valence-electron chi connectivity index (χ3n) is 3.47. The normalized spacial score (nSPS) is 21.3. The first-order valence-electron chi connectivity index (χ1n) is 6.23. The fourth-order valence-corrected chi connectivity index (χ4v) is 2.27. The molecule has 0 aromatic rings. The lowest BCUT2D eigenvalue weighted by Crippen LogP contribution is -2.37.